The lowest BCUT2D eigenvalue weighted by Crippen LogP contribution is -2.55. The molecular weight excluding hydrogens is 840 g/mol. The van der Waals surface area contributed by atoms with Crippen molar-refractivity contribution in [2.75, 3.05) is 22.4 Å². The molecule has 0 spiro atoms. The zero-order chi connectivity index (χ0) is 39.2. The maximum absolute atomic E-state index is 13.9. The summed E-state index contributed by atoms with van der Waals surface area (Å²) < 4.78 is 36.1. The van der Waals surface area contributed by atoms with E-state index in [4.69, 9.17) is 12.2 Å². The SMILES string of the molecule is CC1(C)/C(=C\C=C\C=C2C(=O)N(Cc3cccc(C#N)c3)C(=S)N(Cc3cccc(C#N)c3)C2=O)N(CCCNC(=O)CI)c2ccc(S(=O)(=O)[O-])cc21. The summed E-state index contributed by atoms with van der Waals surface area (Å²) >= 11 is 7.67. The number of fused-ring (bicyclic) bond motifs is 1. The number of nitriles is 2. The molecule has 5 rings (SSSR count). The zero-order valence-corrected chi connectivity index (χ0v) is 33.1. The monoisotopic (exact) mass is 873 g/mol. The molecule has 276 valence electrons. The van der Waals surface area contributed by atoms with Crippen LogP contribution in [-0.4, -0.2) is 63.1 Å². The molecule has 54 heavy (non-hydrogen) atoms. The van der Waals surface area contributed by atoms with Gasteiger partial charge >= 0.3 is 0 Å². The minimum absolute atomic E-state index is 0.00107. The van der Waals surface area contributed by atoms with E-state index in [0.29, 0.717) is 57.4 Å². The third-order valence-electron chi connectivity index (χ3n) is 8.99. The molecule has 0 saturated carbocycles. The highest BCUT2D eigenvalue weighted by molar-refractivity contribution is 14.1. The Bertz CT molecular complexity index is 2240. The summed E-state index contributed by atoms with van der Waals surface area (Å²) in [6.07, 6.45) is 6.99. The predicted octanol–water partition coefficient (Wildman–Crippen LogP) is 5.10. The number of benzene rings is 3. The Morgan fingerprint density at radius 2 is 1.48 bits per heavy atom. The number of anilines is 1. The van der Waals surface area contributed by atoms with Crippen LogP contribution >= 0.6 is 34.8 Å². The Morgan fingerprint density at radius 1 is 0.907 bits per heavy atom. The topological polar surface area (TPSA) is 178 Å². The minimum Gasteiger partial charge on any atom is -0.744 e. The number of halogens is 1. The standard InChI is InChI=1S/C39H35IN6O6S2/c1-39(2)32-20-30(54(50,51)52)14-15-33(32)44(17-7-16-43-35(47)21-40)34(39)13-4-3-12-31-36(48)45(24-28-10-5-8-26(18-28)22-41)38(53)46(37(31)49)25-29-11-6-9-27(19-29)23-42/h3-6,8-15,18-20H,7,16-17,21,24-25H2,1-2H3,(H,43,47)(H,50,51,52)/p-1/b4-3+,34-13+. The molecule has 0 radical (unpaired) electrons. The summed E-state index contributed by atoms with van der Waals surface area (Å²) in [5.74, 6) is -1.34. The molecule has 3 aromatic carbocycles. The average molecular weight is 874 g/mol. The summed E-state index contributed by atoms with van der Waals surface area (Å²) in [7, 11) is -4.71. The molecule has 2 aliphatic rings. The van der Waals surface area contributed by atoms with Gasteiger partial charge in [-0.3, -0.25) is 24.2 Å². The van der Waals surface area contributed by atoms with Gasteiger partial charge in [-0.1, -0.05) is 72.9 Å². The van der Waals surface area contributed by atoms with Crippen molar-refractivity contribution in [3.8, 4) is 12.1 Å². The molecule has 2 heterocycles. The summed E-state index contributed by atoms with van der Waals surface area (Å²) in [5, 5.41) is 21.7. The van der Waals surface area contributed by atoms with Gasteiger partial charge in [0.15, 0.2) is 5.11 Å². The van der Waals surface area contributed by atoms with Gasteiger partial charge in [0.25, 0.3) is 11.8 Å². The summed E-state index contributed by atoms with van der Waals surface area (Å²) in [6, 6.07) is 21.9. The van der Waals surface area contributed by atoms with Crippen LogP contribution in [0.25, 0.3) is 0 Å². The van der Waals surface area contributed by atoms with E-state index < -0.39 is 27.3 Å². The third-order valence-corrected chi connectivity index (χ3v) is 11.0. The van der Waals surface area contributed by atoms with Crippen molar-refractivity contribution in [3.63, 3.8) is 0 Å². The number of alkyl halides is 1. The first-order valence-electron chi connectivity index (χ1n) is 16.6. The fraction of sp³-hybridized carbons (Fsp3) is 0.231. The number of nitrogens with zero attached hydrogens (tertiary/aromatic N) is 5. The van der Waals surface area contributed by atoms with Gasteiger partial charge in [-0.15, -0.1) is 0 Å². The molecule has 3 amide bonds. The summed E-state index contributed by atoms with van der Waals surface area (Å²) in [4.78, 5) is 44.0. The molecule has 12 nitrogen and oxygen atoms in total. The van der Waals surface area contributed by atoms with Crippen molar-refractivity contribution in [2.45, 2.75) is 43.7 Å². The highest BCUT2D eigenvalue weighted by atomic mass is 127. The van der Waals surface area contributed by atoms with E-state index >= 15 is 0 Å². The Labute approximate surface area is 332 Å². The molecule has 1 fully saturated rings. The van der Waals surface area contributed by atoms with Gasteiger partial charge < -0.3 is 14.8 Å². The van der Waals surface area contributed by atoms with E-state index in [1.165, 1.54) is 28.0 Å². The van der Waals surface area contributed by atoms with Gasteiger partial charge in [-0.25, -0.2) is 8.42 Å². The van der Waals surface area contributed by atoms with Crippen LogP contribution in [0, 0.1) is 22.7 Å². The predicted molar refractivity (Wildman–Crippen MR) is 213 cm³/mol. The van der Waals surface area contributed by atoms with Crippen LogP contribution in [0.5, 0.6) is 0 Å². The minimum atomic E-state index is -4.71. The number of rotatable bonds is 12. The fourth-order valence-corrected chi connectivity index (χ4v) is 7.39. The first kappa shape index (κ1) is 40.0. The molecule has 2 aliphatic heterocycles. The van der Waals surface area contributed by atoms with Crippen LogP contribution < -0.4 is 10.2 Å². The molecule has 1 N–H and O–H groups in total. The zero-order valence-electron chi connectivity index (χ0n) is 29.3. The number of nitrogens with one attached hydrogen (secondary N) is 1. The number of thiocarbonyl (C=S) groups is 1. The lowest BCUT2D eigenvalue weighted by Gasteiger charge is -2.36. The number of allylic oxidation sites excluding steroid dienone is 5. The Hall–Kier alpha value is -5.20. The van der Waals surface area contributed by atoms with Gasteiger partial charge in [-0.05, 0) is 89.9 Å². The number of carbonyl (C=O) groups is 3. The van der Waals surface area contributed by atoms with E-state index in [1.807, 2.05) is 41.3 Å². The summed E-state index contributed by atoms with van der Waals surface area (Å²) in [5.41, 5.74) is 3.25. The van der Waals surface area contributed by atoms with Crippen LogP contribution in [0.4, 0.5) is 5.69 Å². The van der Waals surface area contributed by atoms with E-state index in [9.17, 15) is 37.9 Å². The molecule has 0 aromatic heterocycles. The number of hydrogen-bond acceptors (Lipinski definition) is 10. The van der Waals surface area contributed by atoms with Crippen LogP contribution in [0.1, 0.15) is 48.1 Å². The van der Waals surface area contributed by atoms with Crippen LogP contribution in [0.2, 0.25) is 0 Å². The second kappa shape index (κ2) is 16.9. The molecule has 0 unspecified atom stereocenters. The Morgan fingerprint density at radius 3 is 2.02 bits per heavy atom. The smallest absolute Gasteiger partial charge is 0.265 e. The normalized spacial score (nSPS) is 16.1. The van der Waals surface area contributed by atoms with E-state index in [1.54, 1.807) is 72.8 Å². The first-order valence-corrected chi connectivity index (χ1v) is 20.0. The molecule has 0 aliphatic carbocycles. The molecular formula is C39H34IN6O6S2-. The Balaban J connectivity index is 1.50. The third kappa shape index (κ3) is 8.77. The number of hydrogen-bond donors (Lipinski definition) is 1. The highest BCUT2D eigenvalue weighted by Gasteiger charge is 2.41. The van der Waals surface area contributed by atoms with Crippen molar-refractivity contribution >= 4 is 73.4 Å². The molecule has 15 heteroatoms. The van der Waals surface area contributed by atoms with Gasteiger partial charge in [-0.2, -0.15) is 10.5 Å². The van der Waals surface area contributed by atoms with Crippen molar-refractivity contribution in [2.24, 2.45) is 0 Å². The van der Waals surface area contributed by atoms with Crippen molar-refractivity contribution in [1.29, 1.82) is 10.5 Å². The molecule has 0 atom stereocenters. The van der Waals surface area contributed by atoms with E-state index in [0.717, 1.165) is 5.70 Å². The largest absolute Gasteiger partial charge is 0.744 e. The number of amides is 3. The first-order chi connectivity index (χ1) is 25.7. The maximum atomic E-state index is 13.9. The quantitative estimate of drug-likeness (QED) is 0.0490. The second-order valence-electron chi connectivity index (χ2n) is 13.0. The van der Waals surface area contributed by atoms with Crippen molar-refractivity contribution < 1.29 is 27.4 Å². The molecule has 1 saturated heterocycles. The van der Waals surface area contributed by atoms with Crippen molar-refractivity contribution in [1.82, 2.24) is 15.1 Å². The molecule has 0 bridgehead atoms. The lowest BCUT2D eigenvalue weighted by molar-refractivity contribution is -0.134. The average Bonchev–Trinajstić information content (AvgIpc) is 3.37. The Kier molecular flexibility index (Phi) is 12.5. The van der Waals surface area contributed by atoms with Crippen molar-refractivity contribution in [3.05, 3.63) is 130 Å². The van der Waals surface area contributed by atoms with Gasteiger partial charge in [0.2, 0.25) is 5.91 Å². The van der Waals surface area contributed by atoms with Crippen LogP contribution in [0.15, 0.2) is 107 Å². The van der Waals surface area contributed by atoms with Gasteiger partial charge in [0.05, 0.1) is 45.7 Å². The fourth-order valence-electron chi connectivity index (χ4n) is 6.33. The van der Waals surface area contributed by atoms with Crippen LogP contribution in [0.3, 0.4) is 0 Å². The van der Waals surface area contributed by atoms with E-state index in [2.05, 4.69) is 17.5 Å². The summed E-state index contributed by atoms with van der Waals surface area (Å²) in [6.45, 7) is 4.67. The maximum Gasteiger partial charge on any atom is 0.265 e. The van der Waals surface area contributed by atoms with Crippen LogP contribution in [-0.2, 0) is 43.0 Å². The molecule has 3 aromatic rings. The van der Waals surface area contributed by atoms with E-state index in [-0.39, 0.29) is 34.6 Å². The lowest BCUT2D eigenvalue weighted by atomic mass is 9.83. The van der Waals surface area contributed by atoms with Gasteiger partial charge in [0.1, 0.15) is 15.7 Å². The number of carbonyl (C=O) groups excluding carboxylic acids is 3. The highest BCUT2D eigenvalue weighted by Crippen LogP contribution is 2.48. The van der Waals surface area contributed by atoms with Gasteiger partial charge in [0, 0.05) is 29.9 Å². The second-order valence-corrected chi connectivity index (χ2v) is 15.5.